The standard InChI is InChI=1S/C12H12N2O4/c1-7(16)9-10(8-3-2-4-13-5-8)14(6-15)12(18)11(9)17/h2-5,10,15,17H,6H2,1H3. The van der Waals surface area contributed by atoms with Crippen LogP contribution in [0, 0.1) is 0 Å². The first-order chi connectivity index (χ1) is 8.57. The molecule has 0 bridgehead atoms. The molecule has 0 saturated heterocycles. The largest absolute Gasteiger partial charge is 0.503 e. The van der Waals surface area contributed by atoms with Crippen LogP contribution in [0.25, 0.3) is 0 Å². The van der Waals surface area contributed by atoms with Crippen molar-refractivity contribution in [2.45, 2.75) is 13.0 Å². The molecule has 0 radical (unpaired) electrons. The molecule has 1 aliphatic rings. The lowest BCUT2D eigenvalue weighted by Gasteiger charge is -2.23. The Morgan fingerprint density at radius 1 is 1.56 bits per heavy atom. The Balaban J connectivity index is 2.55. The van der Waals surface area contributed by atoms with Gasteiger partial charge >= 0.3 is 0 Å². The van der Waals surface area contributed by atoms with Gasteiger partial charge in [-0.25, -0.2) is 0 Å². The molecule has 94 valence electrons. The van der Waals surface area contributed by atoms with Crippen LogP contribution >= 0.6 is 0 Å². The van der Waals surface area contributed by atoms with E-state index in [0.717, 1.165) is 4.90 Å². The third kappa shape index (κ3) is 1.76. The molecule has 1 atom stereocenters. The average molecular weight is 248 g/mol. The summed E-state index contributed by atoms with van der Waals surface area (Å²) in [5.74, 6) is -1.77. The fourth-order valence-electron chi connectivity index (χ4n) is 2.04. The molecule has 0 fully saturated rings. The van der Waals surface area contributed by atoms with Crippen molar-refractivity contribution in [3.8, 4) is 0 Å². The van der Waals surface area contributed by atoms with Gasteiger partial charge in [-0.05, 0) is 18.6 Å². The van der Waals surface area contributed by atoms with Crippen LogP contribution in [-0.4, -0.2) is 38.5 Å². The van der Waals surface area contributed by atoms with Crippen LogP contribution in [0.2, 0.25) is 0 Å². The highest BCUT2D eigenvalue weighted by Gasteiger charge is 2.42. The lowest BCUT2D eigenvalue weighted by Crippen LogP contribution is -2.31. The molecule has 1 aromatic heterocycles. The first-order valence-corrected chi connectivity index (χ1v) is 5.33. The Hall–Kier alpha value is -2.21. The summed E-state index contributed by atoms with van der Waals surface area (Å²) < 4.78 is 0. The monoisotopic (exact) mass is 248 g/mol. The lowest BCUT2D eigenvalue weighted by atomic mass is 9.98. The van der Waals surface area contributed by atoms with Crippen molar-refractivity contribution in [1.29, 1.82) is 0 Å². The molecular weight excluding hydrogens is 236 g/mol. The molecule has 1 amide bonds. The number of aliphatic hydroxyl groups is 2. The van der Waals surface area contributed by atoms with Crippen LogP contribution in [0.3, 0.4) is 0 Å². The molecule has 1 aliphatic heterocycles. The second-order valence-electron chi connectivity index (χ2n) is 3.92. The van der Waals surface area contributed by atoms with Crippen LogP contribution in [0.1, 0.15) is 18.5 Å². The Labute approximate surface area is 103 Å². The van der Waals surface area contributed by atoms with Crippen LogP contribution in [-0.2, 0) is 9.59 Å². The second-order valence-corrected chi connectivity index (χ2v) is 3.92. The molecule has 18 heavy (non-hydrogen) atoms. The van der Waals surface area contributed by atoms with Crippen molar-refractivity contribution in [3.05, 3.63) is 41.4 Å². The smallest absolute Gasteiger partial charge is 0.291 e. The maximum atomic E-state index is 11.7. The van der Waals surface area contributed by atoms with Gasteiger partial charge in [0.1, 0.15) is 6.73 Å². The Morgan fingerprint density at radius 2 is 2.28 bits per heavy atom. The summed E-state index contributed by atoms with van der Waals surface area (Å²) in [5, 5.41) is 18.9. The highest BCUT2D eigenvalue weighted by Crippen LogP contribution is 2.36. The van der Waals surface area contributed by atoms with Gasteiger partial charge in [-0.15, -0.1) is 0 Å². The summed E-state index contributed by atoms with van der Waals surface area (Å²) >= 11 is 0. The van der Waals surface area contributed by atoms with Gasteiger partial charge in [-0.2, -0.15) is 0 Å². The lowest BCUT2D eigenvalue weighted by molar-refractivity contribution is -0.133. The van der Waals surface area contributed by atoms with Gasteiger partial charge in [0.25, 0.3) is 5.91 Å². The Bertz CT molecular complexity index is 524. The molecule has 2 heterocycles. The first kappa shape index (κ1) is 12.3. The Morgan fingerprint density at radius 3 is 2.78 bits per heavy atom. The number of ketones is 1. The second kappa shape index (κ2) is 4.58. The van der Waals surface area contributed by atoms with E-state index >= 15 is 0 Å². The minimum Gasteiger partial charge on any atom is -0.503 e. The predicted molar refractivity (Wildman–Crippen MR) is 61.2 cm³/mol. The van der Waals surface area contributed by atoms with Gasteiger partial charge in [0.2, 0.25) is 0 Å². The molecule has 2 rings (SSSR count). The van der Waals surface area contributed by atoms with Gasteiger partial charge in [0.05, 0.1) is 11.6 Å². The topological polar surface area (TPSA) is 90.7 Å². The van der Waals surface area contributed by atoms with Gasteiger partial charge in [-0.3, -0.25) is 14.6 Å². The van der Waals surface area contributed by atoms with E-state index in [4.69, 9.17) is 0 Å². The number of pyridine rings is 1. The fraction of sp³-hybridized carbons (Fsp3) is 0.250. The molecule has 2 N–H and O–H groups in total. The average Bonchev–Trinajstić information content (AvgIpc) is 2.63. The van der Waals surface area contributed by atoms with E-state index in [1.807, 2.05) is 0 Å². The van der Waals surface area contributed by atoms with Crippen molar-refractivity contribution >= 4 is 11.7 Å². The zero-order valence-corrected chi connectivity index (χ0v) is 9.70. The summed E-state index contributed by atoms with van der Waals surface area (Å²) in [6.45, 7) is 0.683. The van der Waals surface area contributed by atoms with Crippen molar-refractivity contribution in [3.63, 3.8) is 0 Å². The minimum atomic E-state index is -0.784. The molecule has 1 aromatic rings. The minimum absolute atomic E-state index is 0.0120. The van der Waals surface area contributed by atoms with Gasteiger partial charge < -0.3 is 15.1 Å². The van der Waals surface area contributed by atoms with Gasteiger partial charge in [-0.1, -0.05) is 6.07 Å². The number of carbonyl (C=O) groups excluding carboxylic acids is 2. The highest BCUT2D eigenvalue weighted by atomic mass is 16.3. The van der Waals surface area contributed by atoms with Crippen LogP contribution in [0.15, 0.2) is 35.9 Å². The number of aliphatic hydroxyl groups excluding tert-OH is 2. The first-order valence-electron chi connectivity index (χ1n) is 5.33. The molecule has 6 nitrogen and oxygen atoms in total. The van der Waals surface area contributed by atoms with E-state index in [1.165, 1.54) is 13.1 Å². The number of hydrogen-bond acceptors (Lipinski definition) is 5. The third-order valence-corrected chi connectivity index (χ3v) is 2.84. The summed E-state index contributed by atoms with van der Waals surface area (Å²) in [6, 6.07) is 2.55. The molecule has 0 aliphatic carbocycles. The van der Waals surface area contributed by atoms with E-state index in [2.05, 4.69) is 4.98 Å². The number of aromatic nitrogens is 1. The molecule has 6 heteroatoms. The molecule has 1 unspecified atom stereocenters. The summed E-state index contributed by atoms with van der Waals surface area (Å²) in [5.41, 5.74) is 0.552. The van der Waals surface area contributed by atoms with Crippen LogP contribution in [0.5, 0.6) is 0 Å². The normalized spacial score (nSPS) is 19.6. The zero-order valence-electron chi connectivity index (χ0n) is 9.70. The zero-order chi connectivity index (χ0) is 13.3. The number of amides is 1. The molecular formula is C12H12N2O4. The maximum Gasteiger partial charge on any atom is 0.291 e. The molecule has 0 saturated carbocycles. The number of rotatable bonds is 3. The van der Waals surface area contributed by atoms with E-state index in [-0.39, 0.29) is 5.57 Å². The van der Waals surface area contributed by atoms with E-state index in [0.29, 0.717) is 5.56 Å². The van der Waals surface area contributed by atoms with E-state index in [9.17, 15) is 19.8 Å². The molecule has 0 spiro atoms. The quantitative estimate of drug-likeness (QED) is 0.803. The highest BCUT2D eigenvalue weighted by molar-refractivity contribution is 6.08. The third-order valence-electron chi connectivity index (χ3n) is 2.84. The van der Waals surface area contributed by atoms with Crippen LogP contribution in [0.4, 0.5) is 0 Å². The van der Waals surface area contributed by atoms with Gasteiger partial charge in [0, 0.05) is 12.4 Å². The van der Waals surface area contributed by atoms with Crippen molar-refractivity contribution in [1.82, 2.24) is 9.88 Å². The van der Waals surface area contributed by atoms with Gasteiger partial charge in [0.15, 0.2) is 11.5 Å². The maximum absolute atomic E-state index is 11.7. The number of nitrogens with zero attached hydrogens (tertiary/aromatic N) is 2. The van der Waals surface area contributed by atoms with E-state index in [1.54, 1.807) is 18.3 Å². The summed E-state index contributed by atoms with van der Waals surface area (Å²) in [6.07, 6.45) is 3.04. The van der Waals surface area contributed by atoms with E-state index < -0.39 is 30.2 Å². The Kier molecular flexibility index (Phi) is 3.12. The van der Waals surface area contributed by atoms with Crippen molar-refractivity contribution in [2.75, 3.05) is 6.73 Å². The fourth-order valence-corrected chi connectivity index (χ4v) is 2.04. The molecule has 0 aromatic carbocycles. The van der Waals surface area contributed by atoms with Crippen LogP contribution < -0.4 is 0 Å². The number of hydrogen-bond donors (Lipinski definition) is 2. The predicted octanol–water partition coefficient (Wildman–Crippen LogP) is 0.316. The number of Topliss-reactive ketones (excluding diaryl/α,β-unsaturated/α-hetero) is 1. The van der Waals surface area contributed by atoms with Crippen molar-refractivity contribution < 1.29 is 19.8 Å². The SMILES string of the molecule is CC(=O)C1=C(O)C(=O)N(CO)C1c1cccnc1. The summed E-state index contributed by atoms with van der Waals surface area (Å²) in [4.78, 5) is 28.2. The summed E-state index contributed by atoms with van der Waals surface area (Å²) in [7, 11) is 0. The number of carbonyl (C=O) groups is 2. The van der Waals surface area contributed by atoms with Crippen molar-refractivity contribution in [2.24, 2.45) is 0 Å².